The number of nitrogens with two attached hydrogens (primary N) is 1. The highest BCUT2D eigenvalue weighted by molar-refractivity contribution is 5.95. The van der Waals surface area contributed by atoms with Gasteiger partial charge in [0.15, 0.2) is 0 Å². The molecule has 0 saturated heterocycles. The molecule has 0 heterocycles. The maximum atomic E-state index is 11.9. The van der Waals surface area contributed by atoms with E-state index in [1.165, 1.54) is 4.90 Å². The Hall–Kier alpha value is -1.75. The minimum absolute atomic E-state index is 0.0358. The number of urea groups is 1. The van der Waals surface area contributed by atoms with Gasteiger partial charge < -0.3 is 16.2 Å². The standard InChI is InChI=1S/C12H19N3O2/c1-9(2)14-12(17)15(7-8-16)11-6-4-3-5-10(11)13/h3-6,9,16H,7-8,13H2,1-2H3,(H,14,17). The minimum atomic E-state index is -0.257. The average molecular weight is 237 g/mol. The molecule has 1 aromatic rings. The van der Waals surface area contributed by atoms with Crippen LogP contribution in [0.2, 0.25) is 0 Å². The third-order valence-electron chi connectivity index (χ3n) is 2.21. The Kier molecular flexibility index (Phi) is 4.78. The van der Waals surface area contributed by atoms with Crippen molar-refractivity contribution in [2.75, 3.05) is 23.8 Å². The molecule has 0 aromatic heterocycles. The number of nitrogens with one attached hydrogen (secondary N) is 1. The fraction of sp³-hybridized carbons (Fsp3) is 0.417. The number of carbonyl (C=O) groups is 1. The van der Waals surface area contributed by atoms with Crippen LogP contribution >= 0.6 is 0 Å². The Bertz CT molecular complexity index is 380. The minimum Gasteiger partial charge on any atom is -0.397 e. The summed E-state index contributed by atoms with van der Waals surface area (Å²) >= 11 is 0. The second kappa shape index (κ2) is 6.10. The van der Waals surface area contributed by atoms with Crippen LogP contribution in [0, 0.1) is 0 Å². The lowest BCUT2D eigenvalue weighted by Crippen LogP contribution is -2.44. The molecule has 4 N–H and O–H groups in total. The molecule has 94 valence electrons. The van der Waals surface area contributed by atoms with E-state index in [-0.39, 0.29) is 25.2 Å². The Balaban J connectivity index is 2.93. The summed E-state index contributed by atoms with van der Waals surface area (Å²) in [6.45, 7) is 3.86. The summed E-state index contributed by atoms with van der Waals surface area (Å²) in [7, 11) is 0. The lowest BCUT2D eigenvalue weighted by atomic mass is 10.2. The van der Waals surface area contributed by atoms with Gasteiger partial charge in [0.2, 0.25) is 0 Å². The number of aliphatic hydroxyl groups excluding tert-OH is 1. The van der Waals surface area contributed by atoms with Crippen LogP contribution in [0.3, 0.4) is 0 Å². The van der Waals surface area contributed by atoms with Crippen molar-refractivity contribution in [2.24, 2.45) is 0 Å². The Labute approximate surface area is 101 Å². The van der Waals surface area contributed by atoms with Crippen molar-refractivity contribution in [3.63, 3.8) is 0 Å². The zero-order valence-corrected chi connectivity index (χ0v) is 10.2. The van der Waals surface area contributed by atoms with Gasteiger partial charge in [0.05, 0.1) is 24.5 Å². The molecule has 0 saturated carbocycles. The summed E-state index contributed by atoms with van der Waals surface area (Å²) in [6, 6.07) is 6.86. The van der Waals surface area contributed by atoms with Gasteiger partial charge in [-0.2, -0.15) is 0 Å². The van der Waals surface area contributed by atoms with E-state index in [1.54, 1.807) is 24.3 Å². The van der Waals surface area contributed by atoms with Crippen LogP contribution in [0.15, 0.2) is 24.3 Å². The van der Waals surface area contributed by atoms with Crippen LogP contribution in [0.25, 0.3) is 0 Å². The van der Waals surface area contributed by atoms with Gasteiger partial charge in [-0.05, 0) is 26.0 Å². The topological polar surface area (TPSA) is 78.6 Å². The van der Waals surface area contributed by atoms with Crippen LogP contribution < -0.4 is 16.0 Å². The lowest BCUT2D eigenvalue weighted by molar-refractivity contribution is 0.239. The Morgan fingerprint density at radius 3 is 2.65 bits per heavy atom. The van der Waals surface area contributed by atoms with Crippen LogP contribution in [-0.2, 0) is 0 Å². The normalized spacial score (nSPS) is 10.4. The number of hydrogen-bond acceptors (Lipinski definition) is 3. The molecule has 0 radical (unpaired) electrons. The molecular formula is C12H19N3O2. The first-order valence-electron chi connectivity index (χ1n) is 5.59. The summed E-state index contributed by atoms with van der Waals surface area (Å²) in [5.41, 5.74) is 6.94. The van der Waals surface area contributed by atoms with Gasteiger partial charge in [0, 0.05) is 6.04 Å². The van der Waals surface area contributed by atoms with Crippen molar-refractivity contribution in [2.45, 2.75) is 19.9 Å². The fourth-order valence-corrected chi connectivity index (χ4v) is 1.49. The quantitative estimate of drug-likeness (QED) is 0.688. The van der Waals surface area contributed by atoms with Gasteiger partial charge in [0.1, 0.15) is 0 Å². The van der Waals surface area contributed by atoms with Crippen molar-refractivity contribution in [1.82, 2.24) is 5.32 Å². The molecule has 0 unspecified atom stereocenters. The number of nitrogens with zero attached hydrogens (tertiary/aromatic N) is 1. The highest BCUT2D eigenvalue weighted by Gasteiger charge is 2.17. The summed E-state index contributed by atoms with van der Waals surface area (Å²) in [5.74, 6) is 0. The van der Waals surface area contributed by atoms with E-state index in [0.717, 1.165) is 0 Å². The van der Waals surface area contributed by atoms with Gasteiger partial charge in [-0.3, -0.25) is 4.90 Å². The lowest BCUT2D eigenvalue weighted by Gasteiger charge is -2.24. The van der Waals surface area contributed by atoms with E-state index in [0.29, 0.717) is 11.4 Å². The van der Waals surface area contributed by atoms with Gasteiger partial charge in [-0.1, -0.05) is 12.1 Å². The molecule has 0 spiro atoms. The highest BCUT2D eigenvalue weighted by atomic mass is 16.3. The van der Waals surface area contributed by atoms with Crippen LogP contribution in [0.5, 0.6) is 0 Å². The van der Waals surface area contributed by atoms with E-state index >= 15 is 0 Å². The van der Waals surface area contributed by atoms with Gasteiger partial charge in [-0.15, -0.1) is 0 Å². The molecule has 1 aromatic carbocycles. The van der Waals surface area contributed by atoms with Crippen molar-refractivity contribution < 1.29 is 9.90 Å². The van der Waals surface area contributed by atoms with Crippen LogP contribution in [0.4, 0.5) is 16.2 Å². The maximum absolute atomic E-state index is 11.9. The maximum Gasteiger partial charge on any atom is 0.322 e. The number of amides is 2. The molecule has 0 fully saturated rings. The number of benzene rings is 1. The molecule has 2 amide bonds. The summed E-state index contributed by atoms with van der Waals surface area (Å²) in [4.78, 5) is 13.4. The monoisotopic (exact) mass is 237 g/mol. The first-order valence-corrected chi connectivity index (χ1v) is 5.59. The fourth-order valence-electron chi connectivity index (χ4n) is 1.49. The zero-order chi connectivity index (χ0) is 12.8. The molecule has 0 atom stereocenters. The number of hydrogen-bond donors (Lipinski definition) is 3. The highest BCUT2D eigenvalue weighted by Crippen LogP contribution is 2.22. The molecule has 0 bridgehead atoms. The predicted molar refractivity (Wildman–Crippen MR) is 69.0 cm³/mol. The zero-order valence-electron chi connectivity index (χ0n) is 10.2. The first kappa shape index (κ1) is 13.3. The molecular weight excluding hydrogens is 218 g/mol. The van der Waals surface area contributed by atoms with E-state index in [4.69, 9.17) is 10.8 Å². The first-order chi connectivity index (χ1) is 8.06. The van der Waals surface area contributed by atoms with Crippen molar-refractivity contribution in [3.8, 4) is 0 Å². The van der Waals surface area contributed by atoms with Crippen LogP contribution in [0.1, 0.15) is 13.8 Å². The smallest absolute Gasteiger partial charge is 0.322 e. The Morgan fingerprint density at radius 2 is 2.12 bits per heavy atom. The average Bonchev–Trinajstić information content (AvgIpc) is 2.26. The SMILES string of the molecule is CC(C)NC(=O)N(CCO)c1ccccc1N. The second-order valence-electron chi connectivity index (χ2n) is 4.04. The molecule has 0 aliphatic carbocycles. The predicted octanol–water partition coefficient (Wildman–Crippen LogP) is 1.19. The number of rotatable bonds is 4. The van der Waals surface area contributed by atoms with E-state index in [2.05, 4.69) is 5.32 Å². The molecule has 5 nitrogen and oxygen atoms in total. The van der Waals surface area contributed by atoms with E-state index in [9.17, 15) is 4.79 Å². The summed E-state index contributed by atoms with van der Waals surface area (Å²) in [6.07, 6.45) is 0. The molecule has 17 heavy (non-hydrogen) atoms. The Morgan fingerprint density at radius 1 is 1.47 bits per heavy atom. The van der Waals surface area contributed by atoms with E-state index < -0.39 is 0 Å². The summed E-state index contributed by atoms with van der Waals surface area (Å²) < 4.78 is 0. The third kappa shape index (κ3) is 3.64. The van der Waals surface area contributed by atoms with Crippen molar-refractivity contribution in [3.05, 3.63) is 24.3 Å². The van der Waals surface area contributed by atoms with Crippen molar-refractivity contribution in [1.29, 1.82) is 0 Å². The molecule has 0 aliphatic heterocycles. The van der Waals surface area contributed by atoms with Gasteiger partial charge in [0.25, 0.3) is 0 Å². The number of carbonyl (C=O) groups excluding carboxylic acids is 1. The number of nitrogen functional groups attached to an aromatic ring is 1. The largest absolute Gasteiger partial charge is 0.397 e. The number of anilines is 2. The third-order valence-corrected chi connectivity index (χ3v) is 2.21. The number of aliphatic hydroxyl groups is 1. The molecule has 1 rings (SSSR count). The molecule has 0 aliphatic rings. The van der Waals surface area contributed by atoms with Crippen LogP contribution in [-0.4, -0.2) is 30.3 Å². The van der Waals surface area contributed by atoms with Gasteiger partial charge >= 0.3 is 6.03 Å². The van der Waals surface area contributed by atoms with E-state index in [1.807, 2.05) is 13.8 Å². The van der Waals surface area contributed by atoms with Gasteiger partial charge in [-0.25, -0.2) is 4.79 Å². The molecule has 5 heteroatoms. The second-order valence-corrected chi connectivity index (χ2v) is 4.04. The number of para-hydroxylation sites is 2. The van der Waals surface area contributed by atoms with Crippen molar-refractivity contribution >= 4 is 17.4 Å². The summed E-state index contributed by atoms with van der Waals surface area (Å²) in [5, 5.41) is 11.8.